The second kappa shape index (κ2) is 6.46. The lowest BCUT2D eigenvalue weighted by Crippen LogP contribution is -2.39. The smallest absolute Gasteiger partial charge is 0.310 e. The van der Waals surface area contributed by atoms with Crippen molar-refractivity contribution in [3.63, 3.8) is 0 Å². The van der Waals surface area contributed by atoms with Crippen molar-refractivity contribution in [3.05, 3.63) is 21.4 Å². The van der Waals surface area contributed by atoms with Crippen molar-refractivity contribution in [3.8, 4) is 0 Å². The molecular formula is C14H21NO4S2. The lowest BCUT2D eigenvalue weighted by atomic mass is 10.1. The maximum Gasteiger partial charge on any atom is 0.310 e. The van der Waals surface area contributed by atoms with Gasteiger partial charge in [0, 0.05) is 16.3 Å². The molecule has 2 atom stereocenters. The minimum Gasteiger partial charge on any atom is -0.469 e. The molecule has 1 saturated carbocycles. The second-order valence-corrected chi connectivity index (χ2v) is 8.74. The molecule has 0 aromatic carbocycles. The maximum atomic E-state index is 12.4. The van der Waals surface area contributed by atoms with E-state index in [-0.39, 0.29) is 6.54 Å². The first-order valence-corrected chi connectivity index (χ1v) is 9.33. The van der Waals surface area contributed by atoms with Gasteiger partial charge >= 0.3 is 5.97 Å². The van der Waals surface area contributed by atoms with Gasteiger partial charge in [0.05, 0.1) is 18.3 Å². The summed E-state index contributed by atoms with van der Waals surface area (Å²) in [4.78, 5) is 13.9. The minimum atomic E-state index is -3.51. The van der Waals surface area contributed by atoms with Gasteiger partial charge in [0.1, 0.15) is 0 Å². The molecule has 7 heteroatoms. The predicted molar refractivity (Wildman–Crippen MR) is 82.7 cm³/mol. The van der Waals surface area contributed by atoms with Gasteiger partial charge in [-0.1, -0.05) is 6.42 Å². The highest BCUT2D eigenvalue weighted by Gasteiger charge is 2.42. The number of ether oxygens (including phenoxy) is 1. The molecule has 1 aliphatic carbocycles. The summed E-state index contributed by atoms with van der Waals surface area (Å²) in [6, 6.07) is 1.99. The zero-order chi connectivity index (χ0) is 15.6. The highest BCUT2D eigenvalue weighted by molar-refractivity contribution is 7.90. The summed E-state index contributed by atoms with van der Waals surface area (Å²) in [5.74, 6) is -0.968. The number of carbonyl (C=O) groups excluding carboxylic acids is 1. The largest absolute Gasteiger partial charge is 0.469 e. The van der Waals surface area contributed by atoms with Gasteiger partial charge in [0.25, 0.3) is 0 Å². The van der Waals surface area contributed by atoms with Crippen LogP contribution in [-0.2, 0) is 26.1 Å². The standard InChI is InChI=1S/C14H21NO4S2/c1-9-7-11(20-10(9)2)8-15-21(17,18)13-6-4-5-12(13)14(16)19-3/h7,12-13,15H,4-6,8H2,1-3H3. The lowest BCUT2D eigenvalue weighted by Gasteiger charge is -2.18. The number of rotatable bonds is 5. The van der Waals surface area contributed by atoms with Gasteiger partial charge in [-0.05, 0) is 38.3 Å². The van der Waals surface area contributed by atoms with Crippen LogP contribution in [-0.4, -0.2) is 26.7 Å². The number of nitrogens with one attached hydrogen (secondary N) is 1. The van der Waals surface area contributed by atoms with E-state index >= 15 is 0 Å². The minimum absolute atomic E-state index is 0.284. The van der Waals surface area contributed by atoms with Crippen LogP contribution in [0.1, 0.15) is 34.6 Å². The summed E-state index contributed by atoms with van der Waals surface area (Å²) in [5.41, 5.74) is 1.17. The quantitative estimate of drug-likeness (QED) is 0.839. The van der Waals surface area contributed by atoms with Crippen molar-refractivity contribution in [1.82, 2.24) is 4.72 Å². The van der Waals surface area contributed by atoms with Crippen LogP contribution in [0.2, 0.25) is 0 Å². The Morgan fingerprint density at radius 2 is 2.14 bits per heavy atom. The van der Waals surface area contributed by atoms with Crippen LogP contribution in [0.25, 0.3) is 0 Å². The monoisotopic (exact) mass is 331 g/mol. The number of methoxy groups -OCH3 is 1. The Labute approximate surface area is 129 Å². The number of hydrogen-bond acceptors (Lipinski definition) is 5. The van der Waals surface area contributed by atoms with Crippen LogP contribution >= 0.6 is 11.3 Å². The number of sulfonamides is 1. The van der Waals surface area contributed by atoms with Crippen molar-refractivity contribution < 1.29 is 17.9 Å². The number of carbonyl (C=O) groups is 1. The van der Waals surface area contributed by atoms with Gasteiger partial charge in [-0.2, -0.15) is 0 Å². The Hall–Kier alpha value is -0.920. The SMILES string of the molecule is COC(=O)C1CCCC1S(=O)(=O)NCc1cc(C)c(C)s1. The predicted octanol–water partition coefficient (Wildman–Crippen LogP) is 2.13. The van der Waals surface area contributed by atoms with E-state index in [0.29, 0.717) is 12.8 Å². The molecule has 0 spiro atoms. The Kier molecular flexibility index (Phi) is 5.06. The van der Waals surface area contributed by atoms with E-state index in [1.807, 2.05) is 19.9 Å². The highest BCUT2D eigenvalue weighted by Crippen LogP contribution is 2.32. The molecule has 21 heavy (non-hydrogen) atoms. The molecule has 5 nitrogen and oxygen atoms in total. The first kappa shape index (κ1) is 16.5. The molecule has 0 saturated heterocycles. The van der Waals surface area contributed by atoms with Gasteiger partial charge in [-0.3, -0.25) is 4.79 Å². The van der Waals surface area contributed by atoms with Crippen LogP contribution in [0.3, 0.4) is 0 Å². The van der Waals surface area contributed by atoms with E-state index in [0.717, 1.165) is 11.3 Å². The van der Waals surface area contributed by atoms with E-state index in [2.05, 4.69) is 4.72 Å². The third-order valence-electron chi connectivity index (χ3n) is 4.02. The van der Waals surface area contributed by atoms with Gasteiger partial charge < -0.3 is 4.74 Å². The zero-order valence-corrected chi connectivity index (χ0v) is 14.1. The summed E-state index contributed by atoms with van der Waals surface area (Å²) in [5, 5.41) is -0.674. The molecule has 1 heterocycles. The molecule has 0 aliphatic heterocycles. The van der Waals surface area contributed by atoms with Crippen molar-refractivity contribution in [2.45, 2.75) is 44.9 Å². The first-order chi connectivity index (χ1) is 9.85. The molecule has 1 aromatic heterocycles. The van der Waals surface area contributed by atoms with Crippen molar-refractivity contribution in [2.24, 2.45) is 5.92 Å². The Morgan fingerprint density at radius 1 is 1.43 bits per heavy atom. The normalized spacial score (nSPS) is 22.4. The molecule has 0 radical (unpaired) electrons. The van der Waals surface area contributed by atoms with Crippen LogP contribution in [0.5, 0.6) is 0 Å². The molecular weight excluding hydrogens is 310 g/mol. The average Bonchev–Trinajstić information content (AvgIpc) is 3.04. The third kappa shape index (κ3) is 3.64. The molecule has 118 valence electrons. The van der Waals surface area contributed by atoms with Crippen molar-refractivity contribution in [1.29, 1.82) is 0 Å². The van der Waals surface area contributed by atoms with E-state index in [9.17, 15) is 13.2 Å². The molecule has 1 N–H and O–H groups in total. The Morgan fingerprint density at radius 3 is 2.71 bits per heavy atom. The van der Waals surface area contributed by atoms with Crippen molar-refractivity contribution in [2.75, 3.05) is 7.11 Å². The molecule has 2 rings (SSSR count). The van der Waals surface area contributed by atoms with E-state index in [1.165, 1.54) is 17.6 Å². The number of aryl methyl sites for hydroxylation is 2. The number of hydrogen-bond donors (Lipinski definition) is 1. The summed E-state index contributed by atoms with van der Waals surface area (Å²) >= 11 is 1.59. The molecule has 0 bridgehead atoms. The van der Waals surface area contributed by atoms with Crippen LogP contribution in [0.15, 0.2) is 6.07 Å². The lowest BCUT2D eigenvalue weighted by molar-refractivity contribution is -0.145. The second-order valence-electron chi connectivity index (χ2n) is 5.42. The fourth-order valence-corrected chi connectivity index (χ4v) is 5.55. The molecule has 0 amide bonds. The zero-order valence-electron chi connectivity index (χ0n) is 12.5. The Balaban J connectivity index is 2.05. The van der Waals surface area contributed by atoms with Crippen molar-refractivity contribution >= 4 is 27.3 Å². The fourth-order valence-electron chi connectivity index (χ4n) is 2.73. The molecule has 1 fully saturated rings. The van der Waals surface area contributed by atoms with Crippen LogP contribution in [0.4, 0.5) is 0 Å². The van der Waals surface area contributed by atoms with Gasteiger partial charge in [0.15, 0.2) is 0 Å². The first-order valence-electron chi connectivity index (χ1n) is 6.97. The van der Waals surface area contributed by atoms with Gasteiger partial charge in [0.2, 0.25) is 10.0 Å². The van der Waals surface area contributed by atoms with Crippen LogP contribution < -0.4 is 4.72 Å². The maximum absolute atomic E-state index is 12.4. The van der Waals surface area contributed by atoms with Gasteiger partial charge in [-0.15, -0.1) is 11.3 Å². The summed E-state index contributed by atoms with van der Waals surface area (Å²) in [7, 11) is -2.21. The molecule has 2 unspecified atom stereocenters. The number of esters is 1. The summed E-state index contributed by atoms with van der Waals surface area (Å²) in [6.45, 7) is 4.31. The molecule has 1 aromatic rings. The van der Waals surface area contributed by atoms with Crippen LogP contribution in [0, 0.1) is 19.8 Å². The highest BCUT2D eigenvalue weighted by atomic mass is 32.2. The summed E-state index contributed by atoms with van der Waals surface area (Å²) in [6.07, 6.45) is 1.83. The van der Waals surface area contributed by atoms with E-state index in [4.69, 9.17) is 4.74 Å². The topological polar surface area (TPSA) is 72.5 Å². The summed E-state index contributed by atoms with van der Waals surface area (Å²) < 4.78 is 32.2. The molecule has 1 aliphatic rings. The van der Waals surface area contributed by atoms with E-state index < -0.39 is 27.2 Å². The number of thiophene rings is 1. The van der Waals surface area contributed by atoms with E-state index in [1.54, 1.807) is 11.3 Å². The average molecular weight is 331 g/mol. The fraction of sp³-hybridized carbons (Fsp3) is 0.643. The van der Waals surface area contributed by atoms with Gasteiger partial charge in [-0.25, -0.2) is 13.1 Å². The Bertz CT molecular complexity index is 601. The third-order valence-corrected chi connectivity index (χ3v) is 7.08.